The van der Waals surface area contributed by atoms with E-state index in [4.69, 9.17) is 10.2 Å². The highest BCUT2D eigenvalue weighted by molar-refractivity contribution is 5.75. The number of nitrogens with zero attached hydrogens (tertiary/aromatic N) is 3. The molecule has 0 atom stereocenters. The highest BCUT2D eigenvalue weighted by Crippen LogP contribution is 2.18. The van der Waals surface area contributed by atoms with Gasteiger partial charge < -0.3 is 15.1 Å². The molecule has 3 aromatic heterocycles. The van der Waals surface area contributed by atoms with Crippen molar-refractivity contribution >= 4 is 17.1 Å². The van der Waals surface area contributed by atoms with E-state index in [0.29, 0.717) is 18.0 Å². The van der Waals surface area contributed by atoms with E-state index in [1.165, 1.54) is 0 Å². The van der Waals surface area contributed by atoms with Gasteiger partial charge in [0.2, 0.25) is 0 Å². The Kier molecular flexibility index (Phi) is 2.47. The van der Waals surface area contributed by atoms with E-state index in [1.807, 2.05) is 19.1 Å². The van der Waals surface area contributed by atoms with Crippen molar-refractivity contribution in [3.8, 4) is 0 Å². The van der Waals surface area contributed by atoms with Gasteiger partial charge in [0.15, 0.2) is 11.6 Å². The molecule has 0 unspecified atom stereocenters. The lowest BCUT2D eigenvalue weighted by Gasteiger charge is -2.02. The molecule has 0 spiro atoms. The molecule has 0 aliphatic rings. The minimum Gasteiger partial charge on any atom is -0.469 e. The number of nitrogens with two attached hydrogens (primary N) is 1. The fourth-order valence-electron chi connectivity index (χ4n) is 1.89. The van der Waals surface area contributed by atoms with Crippen molar-refractivity contribution in [1.82, 2.24) is 19.9 Å². The van der Waals surface area contributed by atoms with Crippen molar-refractivity contribution < 1.29 is 4.42 Å². The van der Waals surface area contributed by atoms with Crippen LogP contribution in [0.1, 0.15) is 24.2 Å². The lowest BCUT2D eigenvalue weighted by molar-refractivity contribution is 0.519. The van der Waals surface area contributed by atoms with Crippen molar-refractivity contribution in [2.24, 2.45) is 0 Å². The van der Waals surface area contributed by atoms with Crippen LogP contribution in [0.15, 0.2) is 22.8 Å². The maximum Gasteiger partial charge on any atom is 0.200 e. The summed E-state index contributed by atoms with van der Waals surface area (Å²) in [7, 11) is 0. The Morgan fingerprint density at radius 2 is 2.22 bits per heavy atom. The molecule has 0 saturated carbocycles. The maximum atomic E-state index is 5.67. The van der Waals surface area contributed by atoms with E-state index in [9.17, 15) is 0 Å². The van der Waals surface area contributed by atoms with Crippen LogP contribution in [0.25, 0.3) is 11.2 Å². The minimum atomic E-state index is 0.355. The van der Waals surface area contributed by atoms with E-state index >= 15 is 0 Å². The van der Waals surface area contributed by atoms with Gasteiger partial charge in [-0.3, -0.25) is 0 Å². The van der Waals surface area contributed by atoms with Crippen LogP contribution < -0.4 is 5.73 Å². The standard InChI is InChI=1S/C12H13N5O/c1-2-9-14-8(6-7-4-3-5-18-7)10-11(15-9)17-12(13)16-10/h3-5H,2,6H2,1H3,(H3,13,14,15,16,17). The topological polar surface area (TPSA) is 93.6 Å². The summed E-state index contributed by atoms with van der Waals surface area (Å²) in [5.74, 6) is 1.97. The van der Waals surface area contributed by atoms with Crippen molar-refractivity contribution in [2.75, 3.05) is 5.73 Å². The van der Waals surface area contributed by atoms with Crippen LogP contribution in [0.3, 0.4) is 0 Å². The van der Waals surface area contributed by atoms with Crippen LogP contribution in [0, 0.1) is 0 Å². The number of nitrogens with one attached hydrogen (secondary N) is 1. The average Bonchev–Trinajstić information content (AvgIpc) is 2.97. The summed E-state index contributed by atoms with van der Waals surface area (Å²) in [6.45, 7) is 2.01. The number of rotatable bonds is 3. The van der Waals surface area contributed by atoms with Gasteiger partial charge in [-0.1, -0.05) is 6.92 Å². The molecular formula is C12H13N5O. The Morgan fingerprint density at radius 1 is 1.33 bits per heavy atom. The quantitative estimate of drug-likeness (QED) is 0.730. The zero-order valence-corrected chi connectivity index (χ0v) is 9.97. The second kappa shape index (κ2) is 4.14. The molecule has 6 heteroatoms. The zero-order valence-electron chi connectivity index (χ0n) is 9.97. The van der Waals surface area contributed by atoms with Crippen molar-refractivity contribution in [2.45, 2.75) is 19.8 Å². The molecule has 0 radical (unpaired) electrons. The molecule has 3 rings (SSSR count). The third-order valence-corrected chi connectivity index (χ3v) is 2.73. The Bertz CT molecular complexity index is 671. The molecule has 3 heterocycles. The lowest BCUT2D eigenvalue weighted by atomic mass is 10.2. The predicted octanol–water partition coefficient (Wildman–Crippen LogP) is 1.68. The highest BCUT2D eigenvalue weighted by Gasteiger charge is 2.12. The number of aromatic amines is 1. The van der Waals surface area contributed by atoms with E-state index < -0.39 is 0 Å². The summed E-state index contributed by atoms with van der Waals surface area (Å²) < 4.78 is 5.34. The first-order valence-electron chi connectivity index (χ1n) is 5.79. The van der Waals surface area contributed by atoms with E-state index in [1.54, 1.807) is 6.26 Å². The van der Waals surface area contributed by atoms with Gasteiger partial charge in [-0.25, -0.2) is 9.97 Å². The number of imidazole rings is 1. The minimum absolute atomic E-state index is 0.355. The molecule has 3 aromatic rings. The van der Waals surface area contributed by atoms with Gasteiger partial charge in [0.25, 0.3) is 0 Å². The van der Waals surface area contributed by atoms with Gasteiger partial charge in [-0.05, 0) is 12.1 Å². The molecule has 3 N–H and O–H groups in total. The Labute approximate surface area is 103 Å². The van der Waals surface area contributed by atoms with Crippen LogP contribution in [-0.4, -0.2) is 19.9 Å². The van der Waals surface area contributed by atoms with Crippen LogP contribution in [0.4, 0.5) is 5.95 Å². The molecule has 0 bridgehead atoms. The number of aromatic nitrogens is 4. The number of nitrogen functional groups attached to an aromatic ring is 1. The number of hydrogen-bond donors (Lipinski definition) is 2. The van der Waals surface area contributed by atoms with Gasteiger partial charge in [-0.15, -0.1) is 0 Å². The molecular weight excluding hydrogens is 230 g/mol. The predicted molar refractivity (Wildman–Crippen MR) is 67.0 cm³/mol. The summed E-state index contributed by atoms with van der Waals surface area (Å²) in [6.07, 6.45) is 3.00. The molecule has 92 valence electrons. The smallest absolute Gasteiger partial charge is 0.200 e. The van der Waals surface area contributed by atoms with Gasteiger partial charge in [-0.2, -0.15) is 4.98 Å². The SMILES string of the molecule is CCc1nc(Cc2ccco2)c2[nH]c(N)nc2n1. The second-order valence-corrected chi connectivity index (χ2v) is 4.02. The Hall–Kier alpha value is -2.37. The molecule has 6 nitrogen and oxygen atoms in total. The number of furan rings is 1. The summed E-state index contributed by atoms with van der Waals surface area (Å²) in [6, 6.07) is 3.77. The normalized spacial score (nSPS) is 11.2. The van der Waals surface area contributed by atoms with Gasteiger partial charge in [0.05, 0.1) is 18.4 Å². The second-order valence-electron chi connectivity index (χ2n) is 4.02. The summed E-state index contributed by atoms with van der Waals surface area (Å²) >= 11 is 0. The molecule has 0 amide bonds. The number of hydrogen-bond acceptors (Lipinski definition) is 5. The molecule has 0 aliphatic carbocycles. The maximum absolute atomic E-state index is 5.67. The molecule has 18 heavy (non-hydrogen) atoms. The van der Waals surface area contributed by atoms with Crippen LogP contribution in [0.5, 0.6) is 0 Å². The molecule has 0 aliphatic heterocycles. The molecule has 0 aromatic carbocycles. The van der Waals surface area contributed by atoms with Crippen molar-refractivity contribution in [3.05, 3.63) is 35.7 Å². The Morgan fingerprint density at radius 3 is 2.94 bits per heavy atom. The lowest BCUT2D eigenvalue weighted by Crippen LogP contribution is -2.00. The third kappa shape index (κ3) is 1.81. The third-order valence-electron chi connectivity index (χ3n) is 2.73. The van der Waals surface area contributed by atoms with E-state index in [-0.39, 0.29) is 0 Å². The first-order valence-corrected chi connectivity index (χ1v) is 5.79. The van der Waals surface area contributed by atoms with Crippen LogP contribution in [0.2, 0.25) is 0 Å². The van der Waals surface area contributed by atoms with Gasteiger partial charge in [0.1, 0.15) is 17.1 Å². The Balaban J connectivity index is 2.13. The molecule has 0 fully saturated rings. The highest BCUT2D eigenvalue weighted by atomic mass is 16.3. The summed E-state index contributed by atoms with van der Waals surface area (Å²) in [5.41, 5.74) is 7.91. The van der Waals surface area contributed by atoms with Crippen LogP contribution in [-0.2, 0) is 12.8 Å². The van der Waals surface area contributed by atoms with E-state index in [0.717, 1.165) is 29.2 Å². The van der Waals surface area contributed by atoms with Crippen molar-refractivity contribution in [1.29, 1.82) is 0 Å². The van der Waals surface area contributed by atoms with Gasteiger partial charge in [0, 0.05) is 6.42 Å². The first kappa shape index (κ1) is 10.8. The zero-order chi connectivity index (χ0) is 12.5. The van der Waals surface area contributed by atoms with E-state index in [2.05, 4.69) is 19.9 Å². The number of aryl methyl sites for hydroxylation is 1. The monoisotopic (exact) mass is 243 g/mol. The first-order chi connectivity index (χ1) is 8.76. The summed E-state index contributed by atoms with van der Waals surface area (Å²) in [4.78, 5) is 16.0. The number of H-pyrrole nitrogens is 1. The fraction of sp³-hybridized carbons (Fsp3) is 0.250. The van der Waals surface area contributed by atoms with Gasteiger partial charge >= 0.3 is 0 Å². The molecule has 0 saturated heterocycles. The number of fused-ring (bicyclic) bond motifs is 1. The fourth-order valence-corrected chi connectivity index (χ4v) is 1.89. The van der Waals surface area contributed by atoms with Crippen molar-refractivity contribution in [3.63, 3.8) is 0 Å². The van der Waals surface area contributed by atoms with Crippen LogP contribution >= 0.6 is 0 Å². The average molecular weight is 243 g/mol. The number of anilines is 1. The summed E-state index contributed by atoms with van der Waals surface area (Å²) in [5, 5.41) is 0. The largest absolute Gasteiger partial charge is 0.469 e.